The minimum atomic E-state index is -0.779. The van der Waals surface area contributed by atoms with Crippen LogP contribution in [-0.4, -0.2) is 11.9 Å². The van der Waals surface area contributed by atoms with Crippen LogP contribution in [0.25, 0.3) is 0 Å². The lowest BCUT2D eigenvalue weighted by Crippen LogP contribution is -2.23. The summed E-state index contributed by atoms with van der Waals surface area (Å²) in [5.74, 6) is -0.723. The van der Waals surface area contributed by atoms with E-state index in [1.807, 2.05) is 0 Å². The van der Waals surface area contributed by atoms with Gasteiger partial charge in [0.05, 0.1) is 5.56 Å². The first-order valence-corrected chi connectivity index (χ1v) is 6.55. The SMILES string of the molecule is CC(Oc1ccc(C#N)c(F)c1)C(=O)c1ccc(Cl)cc1. The highest BCUT2D eigenvalue weighted by Crippen LogP contribution is 2.19. The maximum absolute atomic E-state index is 13.5. The Hall–Kier alpha value is -2.38. The molecule has 2 rings (SSSR count). The number of hydrogen-bond donors (Lipinski definition) is 0. The molecule has 0 aliphatic carbocycles. The average Bonchev–Trinajstić information content (AvgIpc) is 2.47. The van der Waals surface area contributed by atoms with Gasteiger partial charge in [-0.2, -0.15) is 5.26 Å². The number of nitrogens with zero attached hydrogens (tertiary/aromatic N) is 1. The van der Waals surface area contributed by atoms with Gasteiger partial charge in [0, 0.05) is 16.7 Å². The van der Waals surface area contributed by atoms with Gasteiger partial charge >= 0.3 is 0 Å². The van der Waals surface area contributed by atoms with Crippen LogP contribution in [-0.2, 0) is 0 Å². The molecule has 0 saturated heterocycles. The van der Waals surface area contributed by atoms with Gasteiger partial charge in [0.25, 0.3) is 0 Å². The second-order valence-electron chi connectivity index (χ2n) is 4.38. The van der Waals surface area contributed by atoms with Crippen LogP contribution in [0.15, 0.2) is 42.5 Å². The third kappa shape index (κ3) is 3.59. The van der Waals surface area contributed by atoms with Gasteiger partial charge < -0.3 is 4.74 Å². The first kappa shape index (κ1) is 15.0. The van der Waals surface area contributed by atoms with Crippen LogP contribution in [0, 0.1) is 17.1 Å². The zero-order valence-corrected chi connectivity index (χ0v) is 11.9. The molecule has 2 aromatic rings. The first-order chi connectivity index (χ1) is 10.0. The van der Waals surface area contributed by atoms with Crippen molar-refractivity contribution < 1.29 is 13.9 Å². The number of carbonyl (C=O) groups excluding carboxylic acids is 1. The van der Waals surface area contributed by atoms with E-state index in [9.17, 15) is 9.18 Å². The molecular weight excluding hydrogens is 293 g/mol. The Morgan fingerprint density at radius 1 is 1.29 bits per heavy atom. The van der Waals surface area contributed by atoms with Gasteiger partial charge in [-0.15, -0.1) is 0 Å². The number of Topliss-reactive ketones (excluding diaryl/α,β-unsaturated/α-hetero) is 1. The lowest BCUT2D eigenvalue weighted by molar-refractivity contribution is 0.0817. The van der Waals surface area contributed by atoms with Crippen LogP contribution in [0.2, 0.25) is 5.02 Å². The number of nitriles is 1. The molecule has 5 heteroatoms. The molecule has 0 bridgehead atoms. The van der Waals surface area contributed by atoms with Crippen molar-refractivity contribution in [1.82, 2.24) is 0 Å². The van der Waals surface area contributed by atoms with Crippen LogP contribution < -0.4 is 4.74 Å². The third-order valence-electron chi connectivity index (χ3n) is 2.87. The molecule has 0 N–H and O–H groups in total. The van der Waals surface area contributed by atoms with Gasteiger partial charge in [0.15, 0.2) is 6.10 Å². The summed E-state index contributed by atoms with van der Waals surface area (Å²) in [4.78, 5) is 12.2. The van der Waals surface area contributed by atoms with E-state index >= 15 is 0 Å². The highest BCUT2D eigenvalue weighted by molar-refractivity contribution is 6.30. The first-order valence-electron chi connectivity index (χ1n) is 6.17. The molecule has 0 saturated carbocycles. The molecular formula is C16H11ClFNO2. The maximum Gasteiger partial charge on any atom is 0.202 e. The van der Waals surface area contributed by atoms with Crippen molar-refractivity contribution in [2.24, 2.45) is 0 Å². The number of benzene rings is 2. The fraction of sp³-hybridized carbons (Fsp3) is 0.125. The summed E-state index contributed by atoms with van der Waals surface area (Å²) in [6, 6.07) is 12.0. The summed E-state index contributed by atoms with van der Waals surface area (Å²) < 4.78 is 18.9. The highest BCUT2D eigenvalue weighted by Gasteiger charge is 2.17. The summed E-state index contributed by atoms with van der Waals surface area (Å²) in [5, 5.41) is 9.19. The molecule has 0 aliphatic rings. The average molecular weight is 304 g/mol. The molecule has 21 heavy (non-hydrogen) atoms. The molecule has 3 nitrogen and oxygen atoms in total. The van der Waals surface area contributed by atoms with E-state index in [1.165, 1.54) is 12.1 Å². The lowest BCUT2D eigenvalue weighted by Gasteiger charge is -2.14. The van der Waals surface area contributed by atoms with Crippen molar-refractivity contribution in [3.63, 3.8) is 0 Å². The minimum absolute atomic E-state index is 0.0703. The molecule has 1 unspecified atom stereocenters. The smallest absolute Gasteiger partial charge is 0.202 e. The highest BCUT2D eigenvalue weighted by atomic mass is 35.5. The summed E-state index contributed by atoms with van der Waals surface area (Å²) >= 11 is 5.76. The molecule has 2 aromatic carbocycles. The standard InChI is InChI=1S/C16H11ClFNO2/c1-10(16(20)11-2-5-13(17)6-3-11)21-14-7-4-12(9-19)15(18)8-14/h2-8,10H,1H3. The van der Waals surface area contributed by atoms with Crippen molar-refractivity contribution >= 4 is 17.4 Å². The summed E-state index contributed by atoms with van der Waals surface area (Å²) in [7, 11) is 0. The molecule has 106 valence electrons. The van der Waals surface area contributed by atoms with E-state index in [0.29, 0.717) is 10.6 Å². The van der Waals surface area contributed by atoms with Crippen molar-refractivity contribution in [2.45, 2.75) is 13.0 Å². The van der Waals surface area contributed by atoms with Crippen LogP contribution in [0.5, 0.6) is 5.75 Å². The van der Waals surface area contributed by atoms with E-state index in [2.05, 4.69) is 0 Å². The monoisotopic (exact) mass is 303 g/mol. The number of rotatable bonds is 4. The van der Waals surface area contributed by atoms with Gasteiger partial charge in [-0.3, -0.25) is 4.79 Å². The fourth-order valence-electron chi connectivity index (χ4n) is 1.77. The topological polar surface area (TPSA) is 50.1 Å². The van der Waals surface area contributed by atoms with Gasteiger partial charge in [-0.25, -0.2) is 4.39 Å². The largest absolute Gasteiger partial charge is 0.482 e. The Labute approximate surface area is 126 Å². The molecule has 0 heterocycles. The Morgan fingerprint density at radius 3 is 2.52 bits per heavy atom. The van der Waals surface area contributed by atoms with Crippen molar-refractivity contribution in [3.8, 4) is 11.8 Å². The van der Waals surface area contributed by atoms with Crippen molar-refractivity contribution in [3.05, 3.63) is 64.4 Å². The van der Waals surface area contributed by atoms with Crippen LogP contribution >= 0.6 is 11.6 Å². The molecule has 0 aromatic heterocycles. The third-order valence-corrected chi connectivity index (χ3v) is 3.12. The van der Waals surface area contributed by atoms with Crippen molar-refractivity contribution in [1.29, 1.82) is 5.26 Å². The quantitative estimate of drug-likeness (QED) is 0.802. The Morgan fingerprint density at radius 2 is 1.95 bits per heavy atom. The maximum atomic E-state index is 13.5. The van der Waals surface area contributed by atoms with Crippen LogP contribution in [0.3, 0.4) is 0 Å². The van der Waals surface area contributed by atoms with E-state index < -0.39 is 11.9 Å². The fourth-order valence-corrected chi connectivity index (χ4v) is 1.89. The second-order valence-corrected chi connectivity index (χ2v) is 4.82. The van der Waals surface area contributed by atoms with Gasteiger partial charge in [0.1, 0.15) is 17.6 Å². The zero-order valence-electron chi connectivity index (χ0n) is 11.1. The Balaban J connectivity index is 2.12. The normalized spacial score (nSPS) is 11.5. The van der Waals surface area contributed by atoms with E-state index in [-0.39, 0.29) is 17.1 Å². The zero-order chi connectivity index (χ0) is 15.4. The molecule has 0 radical (unpaired) electrons. The number of ether oxygens (including phenoxy) is 1. The minimum Gasteiger partial charge on any atom is -0.482 e. The van der Waals surface area contributed by atoms with Crippen LogP contribution in [0.4, 0.5) is 4.39 Å². The molecule has 1 atom stereocenters. The number of halogens is 2. The van der Waals surface area contributed by atoms with E-state index in [0.717, 1.165) is 6.07 Å². The van der Waals surface area contributed by atoms with Crippen molar-refractivity contribution in [2.75, 3.05) is 0 Å². The Bertz CT molecular complexity index is 707. The van der Waals surface area contributed by atoms with Gasteiger partial charge in [0.2, 0.25) is 5.78 Å². The number of ketones is 1. The number of hydrogen-bond acceptors (Lipinski definition) is 3. The lowest BCUT2D eigenvalue weighted by atomic mass is 10.1. The molecule has 0 amide bonds. The number of carbonyl (C=O) groups is 1. The molecule has 0 spiro atoms. The van der Waals surface area contributed by atoms with Gasteiger partial charge in [-0.1, -0.05) is 11.6 Å². The van der Waals surface area contributed by atoms with E-state index in [1.54, 1.807) is 37.3 Å². The molecule has 0 fully saturated rings. The summed E-state index contributed by atoms with van der Waals surface area (Å²) in [6.45, 7) is 1.58. The summed E-state index contributed by atoms with van der Waals surface area (Å²) in [5.41, 5.74) is 0.389. The van der Waals surface area contributed by atoms with Gasteiger partial charge in [-0.05, 0) is 43.3 Å². The molecule has 0 aliphatic heterocycles. The predicted octanol–water partition coefficient (Wildman–Crippen LogP) is 4.00. The predicted molar refractivity (Wildman–Crippen MR) is 77.0 cm³/mol. The summed E-state index contributed by atoms with van der Waals surface area (Å²) in [6.07, 6.45) is -0.779. The Kier molecular flexibility index (Phi) is 4.56. The second kappa shape index (κ2) is 6.38. The van der Waals surface area contributed by atoms with E-state index in [4.69, 9.17) is 21.6 Å². The van der Waals surface area contributed by atoms with Crippen LogP contribution in [0.1, 0.15) is 22.8 Å².